The SMILES string of the molecule is COc1cc2nc(-c3ccc(C(F)(F)F)cc3)cc(OCCCN3CCOCC3)c2cc1OC. The van der Waals surface area contributed by atoms with Gasteiger partial charge in [-0.3, -0.25) is 4.90 Å². The van der Waals surface area contributed by atoms with Crippen molar-refractivity contribution >= 4 is 10.9 Å². The number of rotatable bonds is 8. The third kappa shape index (κ3) is 5.53. The summed E-state index contributed by atoms with van der Waals surface area (Å²) >= 11 is 0. The summed E-state index contributed by atoms with van der Waals surface area (Å²) in [6.07, 6.45) is -3.57. The van der Waals surface area contributed by atoms with Gasteiger partial charge in [0.2, 0.25) is 0 Å². The molecule has 6 nitrogen and oxygen atoms in total. The topological polar surface area (TPSA) is 53.1 Å². The zero-order valence-corrected chi connectivity index (χ0v) is 19.2. The number of fused-ring (bicyclic) bond motifs is 1. The monoisotopic (exact) mass is 476 g/mol. The van der Waals surface area contributed by atoms with Gasteiger partial charge in [-0.15, -0.1) is 0 Å². The number of hydrogen-bond donors (Lipinski definition) is 0. The molecule has 0 bridgehead atoms. The van der Waals surface area contributed by atoms with Crippen molar-refractivity contribution in [1.29, 1.82) is 0 Å². The molecule has 0 radical (unpaired) electrons. The lowest BCUT2D eigenvalue weighted by Gasteiger charge is -2.26. The summed E-state index contributed by atoms with van der Waals surface area (Å²) in [6, 6.07) is 10.2. The number of hydrogen-bond acceptors (Lipinski definition) is 6. The lowest BCUT2D eigenvalue weighted by atomic mass is 10.1. The second-order valence-corrected chi connectivity index (χ2v) is 7.96. The highest BCUT2D eigenvalue weighted by Gasteiger charge is 2.30. The maximum atomic E-state index is 13.0. The van der Waals surface area contributed by atoms with Gasteiger partial charge in [-0.1, -0.05) is 12.1 Å². The first-order chi connectivity index (χ1) is 16.4. The van der Waals surface area contributed by atoms with Gasteiger partial charge in [-0.2, -0.15) is 13.2 Å². The summed E-state index contributed by atoms with van der Waals surface area (Å²) in [6.45, 7) is 4.69. The minimum Gasteiger partial charge on any atom is -0.493 e. The molecule has 0 N–H and O–H groups in total. The molecule has 0 amide bonds. The number of pyridine rings is 1. The molecular weight excluding hydrogens is 449 g/mol. The quantitative estimate of drug-likeness (QED) is 0.425. The molecule has 2 aromatic carbocycles. The molecule has 0 spiro atoms. The first-order valence-corrected chi connectivity index (χ1v) is 11.1. The van der Waals surface area contributed by atoms with Crippen LogP contribution < -0.4 is 14.2 Å². The van der Waals surface area contributed by atoms with Crippen LogP contribution in [0.4, 0.5) is 13.2 Å². The van der Waals surface area contributed by atoms with E-state index in [1.807, 2.05) is 0 Å². The molecule has 1 fully saturated rings. The van der Waals surface area contributed by atoms with E-state index in [1.165, 1.54) is 19.2 Å². The van der Waals surface area contributed by atoms with E-state index >= 15 is 0 Å². The smallest absolute Gasteiger partial charge is 0.416 e. The third-order valence-electron chi connectivity index (χ3n) is 5.76. The molecule has 1 aliphatic heterocycles. The molecule has 9 heteroatoms. The Balaban J connectivity index is 1.63. The number of methoxy groups -OCH3 is 2. The van der Waals surface area contributed by atoms with Crippen molar-refractivity contribution < 1.29 is 32.1 Å². The Labute approximate surface area is 196 Å². The minimum atomic E-state index is -4.39. The Morgan fingerprint density at radius 3 is 2.26 bits per heavy atom. The van der Waals surface area contributed by atoms with Crippen molar-refractivity contribution in [3.05, 3.63) is 48.0 Å². The van der Waals surface area contributed by atoms with Crippen molar-refractivity contribution in [2.75, 3.05) is 53.7 Å². The number of halogens is 3. The molecule has 4 rings (SSSR count). The number of ether oxygens (including phenoxy) is 4. The molecule has 0 aliphatic carbocycles. The molecule has 1 aliphatic rings. The van der Waals surface area contributed by atoms with Crippen molar-refractivity contribution in [3.8, 4) is 28.5 Å². The Kier molecular flexibility index (Phi) is 7.43. The largest absolute Gasteiger partial charge is 0.493 e. The fourth-order valence-corrected chi connectivity index (χ4v) is 3.91. The van der Waals surface area contributed by atoms with Gasteiger partial charge in [0.25, 0.3) is 0 Å². The van der Waals surface area contributed by atoms with Gasteiger partial charge in [0, 0.05) is 42.7 Å². The van der Waals surface area contributed by atoms with Crippen molar-refractivity contribution in [2.45, 2.75) is 12.6 Å². The number of aromatic nitrogens is 1. The van der Waals surface area contributed by atoms with Crippen LogP contribution in [0.25, 0.3) is 22.2 Å². The highest BCUT2D eigenvalue weighted by molar-refractivity contribution is 5.90. The molecule has 0 unspecified atom stereocenters. The van der Waals surface area contributed by atoms with Crippen LogP contribution in [0.2, 0.25) is 0 Å². The van der Waals surface area contributed by atoms with E-state index in [0.29, 0.717) is 40.6 Å². The standard InChI is InChI=1S/C25H27F3N2O4/c1-31-23-14-19-21(16-24(23)32-2)29-20(17-4-6-18(7-5-17)25(26,27)28)15-22(19)34-11-3-8-30-9-12-33-13-10-30/h4-7,14-16H,3,8-13H2,1-2H3. The van der Waals surface area contributed by atoms with Crippen molar-refractivity contribution in [3.63, 3.8) is 0 Å². The van der Waals surface area contributed by atoms with E-state index in [4.69, 9.17) is 18.9 Å². The molecular formula is C25H27F3N2O4. The van der Waals surface area contributed by atoms with Crippen LogP contribution in [-0.2, 0) is 10.9 Å². The van der Waals surface area contributed by atoms with Crippen LogP contribution in [0.3, 0.4) is 0 Å². The second-order valence-electron chi connectivity index (χ2n) is 7.96. The number of nitrogens with zero attached hydrogens (tertiary/aromatic N) is 2. The minimum absolute atomic E-state index is 0.483. The van der Waals surface area contributed by atoms with Crippen LogP contribution in [0.5, 0.6) is 17.2 Å². The molecule has 34 heavy (non-hydrogen) atoms. The van der Waals surface area contributed by atoms with Gasteiger partial charge in [0.05, 0.1) is 50.8 Å². The van der Waals surface area contributed by atoms with Gasteiger partial charge in [0.1, 0.15) is 5.75 Å². The lowest BCUT2D eigenvalue weighted by Crippen LogP contribution is -2.37. The summed E-state index contributed by atoms with van der Waals surface area (Å²) in [5.41, 5.74) is 0.959. The number of alkyl halides is 3. The highest BCUT2D eigenvalue weighted by atomic mass is 19.4. The highest BCUT2D eigenvalue weighted by Crippen LogP contribution is 2.38. The Morgan fingerprint density at radius 1 is 0.941 bits per heavy atom. The summed E-state index contributed by atoms with van der Waals surface area (Å²) in [7, 11) is 3.09. The van der Waals surface area contributed by atoms with Crippen molar-refractivity contribution in [1.82, 2.24) is 9.88 Å². The zero-order chi connectivity index (χ0) is 24.1. The second kappa shape index (κ2) is 10.5. The van der Waals surface area contributed by atoms with E-state index in [0.717, 1.165) is 56.8 Å². The average molecular weight is 476 g/mol. The average Bonchev–Trinajstić information content (AvgIpc) is 2.85. The summed E-state index contributed by atoms with van der Waals surface area (Å²) < 4.78 is 61.3. The van der Waals surface area contributed by atoms with Crippen LogP contribution in [0.15, 0.2) is 42.5 Å². The third-order valence-corrected chi connectivity index (χ3v) is 5.76. The predicted octanol–water partition coefficient (Wildman–Crippen LogP) is 5.04. The number of benzene rings is 2. The summed E-state index contributed by atoms with van der Waals surface area (Å²) in [4.78, 5) is 7.00. The van der Waals surface area contributed by atoms with Crippen molar-refractivity contribution in [2.24, 2.45) is 0 Å². The molecule has 3 aromatic rings. The number of morpholine rings is 1. The molecule has 1 saturated heterocycles. The summed E-state index contributed by atoms with van der Waals surface area (Å²) in [5.74, 6) is 1.63. The fourth-order valence-electron chi connectivity index (χ4n) is 3.91. The van der Waals surface area contributed by atoms with Crippen LogP contribution >= 0.6 is 0 Å². The van der Waals surface area contributed by atoms with E-state index in [1.54, 1.807) is 25.3 Å². The van der Waals surface area contributed by atoms with Gasteiger partial charge in [-0.05, 0) is 24.6 Å². The summed E-state index contributed by atoms with van der Waals surface area (Å²) in [5, 5.41) is 0.736. The first-order valence-electron chi connectivity index (χ1n) is 11.1. The normalized spacial score (nSPS) is 14.9. The van der Waals surface area contributed by atoms with Crippen LogP contribution in [-0.4, -0.2) is 63.6 Å². The molecule has 0 saturated carbocycles. The zero-order valence-electron chi connectivity index (χ0n) is 19.2. The van der Waals surface area contributed by atoms with Gasteiger partial charge < -0.3 is 18.9 Å². The molecule has 0 atom stereocenters. The van der Waals surface area contributed by atoms with Crippen LogP contribution in [0.1, 0.15) is 12.0 Å². The Bertz CT molecular complexity index is 1110. The maximum absolute atomic E-state index is 13.0. The first kappa shape index (κ1) is 24.1. The van der Waals surface area contributed by atoms with Gasteiger partial charge in [0.15, 0.2) is 11.5 Å². The predicted molar refractivity (Wildman–Crippen MR) is 123 cm³/mol. The maximum Gasteiger partial charge on any atom is 0.416 e. The Hall–Kier alpha value is -3.04. The molecule has 1 aromatic heterocycles. The molecule has 2 heterocycles. The van der Waals surface area contributed by atoms with E-state index < -0.39 is 11.7 Å². The Morgan fingerprint density at radius 2 is 1.62 bits per heavy atom. The van der Waals surface area contributed by atoms with E-state index in [-0.39, 0.29) is 0 Å². The molecule has 182 valence electrons. The van der Waals surface area contributed by atoms with Gasteiger partial charge in [-0.25, -0.2) is 4.98 Å². The lowest BCUT2D eigenvalue weighted by molar-refractivity contribution is -0.137. The van der Waals surface area contributed by atoms with Gasteiger partial charge >= 0.3 is 6.18 Å². The van der Waals surface area contributed by atoms with E-state index in [2.05, 4.69) is 9.88 Å². The van der Waals surface area contributed by atoms with Crippen LogP contribution in [0, 0.1) is 0 Å². The van der Waals surface area contributed by atoms with E-state index in [9.17, 15) is 13.2 Å². The fraction of sp³-hybridized carbons (Fsp3) is 0.400.